The van der Waals surface area contributed by atoms with Crippen molar-refractivity contribution in [2.24, 2.45) is 0 Å². The molecule has 3 N–H and O–H groups in total. The van der Waals surface area contributed by atoms with E-state index in [1.165, 1.54) is 6.07 Å². The fraction of sp³-hybridized carbons (Fsp3) is 0.500. The number of nitrogens with two attached hydrogens (primary N) is 1. The molecule has 1 fully saturated rings. The van der Waals surface area contributed by atoms with Crippen molar-refractivity contribution in [3.05, 3.63) is 24.0 Å². The average molecular weight is 287 g/mol. The number of hydrogen-bond donors (Lipinski definition) is 2. The van der Waals surface area contributed by atoms with Crippen molar-refractivity contribution in [1.82, 2.24) is 9.62 Å². The number of nitrogen functional groups attached to an aromatic ring is 1. The molecular formula is C12H18FN3O2S. The normalized spacial score (nSPS) is 18.6. The number of anilines is 1. The number of nitrogens with zero attached hydrogens (tertiary/aromatic N) is 1. The molecular weight excluding hydrogens is 269 g/mol. The third-order valence-corrected chi connectivity index (χ3v) is 4.74. The van der Waals surface area contributed by atoms with E-state index in [1.807, 2.05) is 7.05 Å². The Hall–Kier alpha value is -1.18. The van der Waals surface area contributed by atoms with Crippen LogP contribution in [0.5, 0.6) is 0 Å². The first-order valence-corrected chi connectivity index (χ1v) is 7.62. The fourth-order valence-corrected chi connectivity index (χ4v) is 3.52. The van der Waals surface area contributed by atoms with Gasteiger partial charge in [0.15, 0.2) is 0 Å². The molecule has 1 heterocycles. The predicted molar refractivity (Wildman–Crippen MR) is 71.7 cm³/mol. The highest BCUT2D eigenvalue weighted by Crippen LogP contribution is 2.18. The minimum absolute atomic E-state index is 0.101. The van der Waals surface area contributed by atoms with Gasteiger partial charge in [0.2, 0.25) is 10.0 Å². The Kier molecular flexibility index (Phi) is 4.07. The zero-order valence-corrected chi connectivity index (χ0v) is 11.6. The average Bonchev–Trinajstić information content (AvgIpc) is 2.31. The second kappa shape index (κ2) is 5.44. The van der Waals surface area contributed by atoms with Gasteiger partial charge >= 0.3 is 0 Å². The Morgan fingerprint density at radius 1 is 1.32 bits per heavy atom. The maximum atomic E-state index is 13.2. The van der Waals surface area contributed by atoms with Gasteiger partial charge in [-0.15, -0.1) is 0 Å². The predicted octanol–water partition coefficient (Wildman–Crippen LogP) is 0.780. The van der Waals surface area contributed by atoms with Crippen LogP contribution in [0.3, 0.4) is 0 Å². The number of rotatable bonds is 3. The highest BCUT2D eigenvalue weighted by molar-refractivity contribution is 7.89. The lowest BCUT2D eigenvalue weighted by molar-refractivity contribution is 0.248. The van der Waals surface area contributed by atoms with Gasteiger partial charge in [0, 0.05) is 11.7 Å². The molecule has 0 saturated carbocycles. The van der Waals surface area contributed by atoms with E-state index in [-0.39, 0.29) is 16.6 Å². The highest BCUT2D eigenvalue weighted by atomic mass is 32.2. The fourth-order valence-electron chi connectivity index (χ4n) is 2.15. The Balaban J connectivity index is 2.14. The number of nitrogens with one attached hydrogen (secondary N) is 1. The summed E-state index contributed by atoms with van der Waals surface area (Å²) in [5.41, 5.74) is 5.57. The quantitative estimate of drug-likeness (QED) is 0.806. The molecule has 1 aliphatic heterocycles. The van der Waals surface area contributed by atoms with Crippen LogP contribution in [0.25, 0.3) is 0 Å². The van der Waals surface area contributed by atoms with Crippen LogP contribution in [-0.4, -0.2) is 39.5 Å². The molecule has 0 atom stereocenters. The van der Waals surface area contributed by atoms with E-state index in [0.29, 0.717) is 0 Å². The molecule has 0 amide bonds. The lowest BCUT2D eigenvalue weighted by atomic mass is 10.1. The van der Waals surface area contributed by atoms with Crippen molar-refractivity contribution in [1.29, 1.82) is 0 Å². The Morgan fingerprint density at radius 2 is 1.95 bits per heavy atom. The summed E-state index contributed by atoms with van der Waals surface area (Å²) in [6.45, 7) is 1.69. The molecule has 0 radical (unpaired) electrons. The molecule has 1 aromatic rings. The second-order valence-electron chi connectivity index (χ2n) is 4.92. The molecule has 0 aliphatic carbocycles. The van der Waals surface area contributed by atoms with Gasteiger partial charge in [-0.3, -0.25) is 0 Å². The van der Waals surface area contributed by atoms with Crippen molar-refractivity contribution in [3.8, 4) is 0 Å². The van der Waals surface area contributed by atoms with Crippen LogP contribution in [0.1, 0.15) is 12.8 Å². The molecule has 0 unspecified atom stereocenters. The molecule has 0 aromatic heterocycles. The van der Waals surface area contributed by atoms with Gasteiger partial charge in [0.1, 0.15) is 5.82 Å². The van der Waals surface area contributed by atoms with Crippen molar-refractivity contribution in [2.45, 2.75) is 23.8 Å². The van der Waals surface area contributed by atoms with Gasteiger partial charge in [0.25, 0.3) is 0 Å². The van der Waals surface area contributed by atoms with Crippen LogP contribution >= 0.6 is 0 Å². The third kappa shape index (κ3) is 3.65. The molecule has 1 saturated heterocycles. The minimum Gasteiger partial charge on any atom is -0.399 e. The zero-order valence-electron chi connectivity index (χ0n) is 10.8. The Morgan fingerprint density at radius 3 is 2.53 bits per heavy atom. The van der Waals surface area contributed by atoms with E-state index in [1.54, 1.807) is 0 Å². The van der Waals surface area contributed by atoms with E-state index in [9.17, 15) is 12.8 Å². The SMILES string of the molecule is CN1CCC(NS(=O)(=O)c2cc(N)cc(F)c2)CC1. The van der Waals surface area contributed by atoms with Gasteiger partial charge < -0.3 is 10.6 Å². The van der Waals surface area contributed by atoms with Crippen LogP contribution < -0.4 is 10.5 Å². The summed E-state index contributed by atoms with van der Waals surface area (Å²) in [7, 11) is -1.71. The topological polar surface area (TPSA) is 75.4 Å². The largest absolute Gasteiger partial charge is 0.399 e. The first-order chi connectivity index (χ1) is 8.87. The van der Waals surface area contributed by atoms with E-state index in [4.69, 9.17) is 5.73 Å². The van der Waals surface area contributed by atoms with E-state index < -0.39 is 15.8 Å². The van der Waals surface area contributed by atoms with Gasteiger partial charge in [0.05, 0.1) is 4.90 Å². The Labute approximate surface area is 112 Å². The number of benzene rings is 1. The smallest absolute Gasteiger partial charge is 0.240 e. The van der Waals surface area contributed by atoms with Crippen molar-refractivity contribution >= 4 is 15.7 Å². The number of halogens is 1. The molecule has 0 bridgehead atoms. The highest BCUT2D eigenvalue weighted by Gasteiger charge is 2.23. The summed E-state index contributed by atoms with van der Waals surface area (Å²) >= 11 is 0. The van der Waals surface area contributed by atoms with Gasteiger partial charge in [-0.2, -0.15) is 0 Å². The van der Waals surface area contributed by atoms with Gasteiger partial charge in [-0.25, -0.2) is 17.5 Å². The summed E-state index contributed by atoms with van der Waals surface area (Å²) in [6, 6.07) is 3.23. The van der Waals surface area contributed by atoms with Crippen LogP contribution in [0.4, 0.5) is 10.1 Å². The summed E-state index contributed by atoms with van der Waals surface area (Å²) in [4.78, 5) is 2.02. The molecule has 106 valence electrons. The van der Waals surface area contributed by atoms with E-state index in [2.05, 4.69) is 9.62 Å². The third-order valence-electron chi connectivity index (χ3n) is 3.24. The molecule has 19 heavy (non-hydrogen) atoms. The summed E-state index contributed by atoms with van der Waals surface area (Å²) in [5.74, 6) is -0.649. The van der Waals surface area contributed by atoms with Crippen LogP contribution in [0, 0.1) is 5.82 Å². The molecule has 1 aliphatic rings. The molecule has 0 spiro atoms. The molecule has 5 nitrogen and oxygen atoms in total. The maximum Gasteiger partial charge on any atom is 0.240 e. The lowest BCUT2D eigenvalue weighted by Gasteiger charge is -2.29. The maximum absolute atomic E-state index is 13.2. The molecule has 2 rings (SSSR count). The number of hydrogen-bond acceptors (Lipinski definition) is 4. The number of sulfonamides is 1. The number of likely N-dealkylation sites (tertiary alicyclic amines) is 1. The number of piperidine rings is 1. The molecule has 1 aromatic carbocycles. The first kappa shape index (κ1) is 14.2. The standard InChI is InChI=1S/C12H18FN3O2S/c1-16-4-2-11(3-5-16)15-19(17,18)12-7-9(13)6-10(14)8-12/h6-8,11,15H,2-5,14H2,1H3. The summed E-state index contributed by atoms with van der Waals surface area (Å²) < 4.78 is 40.1. The lowest BCUT2D eigenvalue weighted by Crippen LogP contribution is -2.43. The molecule has 7 heteroatoms. The van der Waals surface area contributed by atoms with Crippen LogP contribution in [0.15, 0.2) is 23.1 Å². The van der Waals surface area contributed by atoms with E-state index >= 15 is 0 Å². The van der Waals surface area contributed by atoms with Gasteiger partial charge in [-0.05, 0) is 51.2 Å². The second-order valence-corrected chi connectivity index (χ2v) is 6.63. The van der Waals surface area contributed by atoms with Crippen LogP contribution in [-0.2, 0) is 10.0 Å². The van der Waals surface area contributed by atoms with Crippen molar-refractivity contribution in [2.75, 3.05) is 25.9 Å². The summed E-state index contributed by atoms with van der Waals surface area (Å²) in [6.07, 6.45) is 1.50. The minimum atomic E-state index is -3.71. The van der Waals surface area contributed by atoms with Crippen LogP contribution in [0.2, 0.25) is 0 Å². The Bertz CT molecular complexity index is 534. The first-order valence-electron chi connectivity index (χ1n) is 6.14. The van der Waals surface area contributed by atoms with Crippen molar-refractivity contribution in [3.63, 3.8) is 0 Å². The van der Waals surface area contributed by atoms with Gasteiger partial charge in [-0.1, -0.05) is 0 Å². The van der Waals surface area contributed by atoms with E-state index in [0.717, 1.165) is 38.1 Å². The zero-order chi connectivity index (χ0) is 14.0. The summed E-state index contributed by atoms with van der Waals surface area (Å²) in [5, 5.41) is 0. The van der Waals surface area contributed by atoms with Crippen molar-refractivity contribution < 1.29 is 12.8 Å². The monoisotopic (exact) mass is 287 g/mol.